The van der Waals surface area contributed by atoms with Gasteiger partial charge in [-0.3, -0.25) is 0 Å². The molecular weight excluding hydrogens is 328 g/mol. The van der Waals surface area contributed by atoms with Crippen LogP contribution in [0.5, 0.6) is 0 Å². The van der Waals surface area contributed by atoms with Crippen LogP contribution in [0.15, 0.2) is 8.95 Å². The van der Waals surface area contributed by atoms with Crippen molar-refractivity contribution in [2.24, 2.45) is 0 Å². The number of hydrogen-bond acceptors (Lipinski definition) is 3. The molecule has 62 valence electrons. The molecule has 0 saturated heterocycles. The maximum absolute atomic E-state index is 4.21. The third-order valence-electron chi connectivity index (χ3n) is 1.22. The highest BCUT2D eigenvalue weighted by atomic mass is 79.9. The molecule has 0 fully saturated rings. The second-order valence-corrected chi connectivity index (χ2v) is 5.30. The largest absolute Gasteiger partial charge is 0.174 e. The first-order chi connectivity index (χ1) is 5.20. The standard InChI is InChI=1S/C6H6Br2S3/c7-5-3(1-9)11-4(2-10)6(5)8/h9-10H,1-2H2. The summed E-state index contributed by atoms with van der Waals surface area (Å²) in [7, 11) is 0. The van der Waals surface area contributed by atoms with Crippen molar-refractivity contribution in [1.29, 1.82) is 0 Å². The van der Waals surface area contributed by atoms with E-state index in [-0.39, 0.29) is 0 Å². The molecule has 5 heteroatoms. The first kappa shape index (κ1) is 10.4. The zero-order valence-electron chi connectivity index (χ0n) is 5.47. The molecule has 11 heavy (non-hydrogen) atoms. The third kappa shape index (κ3) is 2.18. The van der Waals surface area contributed by atoms with Crippen LogP contribution in [0.1, 0.15) is 9.75 Å². The van der Waals surface area contributed by atoms with E-state index in [0.717, 1.165) is 20.5 Å². The van der Waals surface area contributed by atoms with Gasteiger partial charge in [0.15, 0.2) is 0 Å². The van der Waals surface area contributed by atoms with Crippen LogP contribution in [0.2, 0.25) is 0 Å². The van der Waals surface area contributed by atoms with Gasteiger partial charge in [0, 0.05) is 30.2 Å². The van der Waals surface area contributed by atoms with Crippen molar-refractivity contribution in [2.45, 2.75) is 11.5 Å². The van der Waals surface area contributed by atoms with Crippen molar-refractivity contribution in [3.63, 3.8) is 0 Å². The average molecular weight is 334 g/mol. The predicted octanol–water partition coefficient (Wildman–Crippen LogP) is 4.13. The molecule has 0 saturated carbocycles. The number of rotatable bonds is 2. The minimum Gasteiger partial charge on any atom is -0.174 e. The average Bonchev–Trinajstić information content (AvgIpc) is 2.30. The summed E-state index contributed by atoms with van der Waals surface area (Å²) in [5, 5.41) is 0. The van der Waals surface area contributed by atoms with Crippen LogP contribution in [0.25, 0.3) is 0 Å². The molecule has 0 unspecified atom stereocenters. The maximum atomic E-state index is 4.21. The summed E-state index contributed by atoms with van der Waals surface area (Å²) < 4.78 is 2.25. The smallest absolute Gasteiger partial charge is 0.0468 e. The molecule has 1 rings (SSSR count). The Morgan fingerprint density at radius 3 is 1.55 bits per heavy atom. The summed E-state index contributed by atoms with van der Waals surface area (Å²) in [6, 6.07) is 0. The van der Waals surface area contributed by atoms with Gasteiger partial charge in [-0.2, -0.15) is 25.3 Å². The van der Waals surface area contributed by atoms with Crippen LogP contribution >= 0.6 is 68.5 Å². The van der Waals surface area contributed by atoms with E-state index in [9.17, 15) is 0 Å². The summed E-state index contributed by atoms with van der Waals surface area (Å²) in [5.74, 6) is 1.55. The van der Waals surface area contributed by atoms with E-state index < -0.39 is 0 Å². The second-order valence-electron chi connectivity index (χ2n) is 1.89. The lowest BCUT2D eigenvalue weighted by atomic mass is 10.4. The fraction of sp³-hybridized carbons (Fsp3) is 0.333. The molecule has 0 N–H and O–H groups in total. The molecule has 1 heterocycles. The Kier molecular flexibility index (Phi) is 4.32. The van der Waals surface area contributed by atoms with Gasteiger partial charge in [-0.05, 0) is 31.9 Å². The van der Waals surface area contributed by atoms with Crippen molar-refractivity contribution in [1.82, 2.24) is 0 Å². The van der Waals surface area contributed by atoms with Crippen molar-refractivity contribution in [2.75, 3.05) is 0 Å². The topological polar surface area (TPSA) is 0 Å². The van der Waals surface area contributed by atoms with Gasteiger partial charge >= 0.3 is 0 Å². The van der Waals surface area contributed by atoms with E-state index in [1.165, 1.54) is 9.75 Å². The Morgan fingerprint density at radius 1 is 1.00 bits per heavy atom. The lowest BCUT2D eigenvalue weighted by Crippen LogP contribution is -1.68. The third-order valence-corrected chi connectivity index (χ3v) is 6.27. The Labute approximate surface area is 97.8 Å². The first-order valence-electron chi connectivity index (χ1n) is 2.88. The lowest BCUT2D eigenvalue weighted by Gasteiger charge is -1.89. The Balaban J connectivity index is 3.12. The molecule has 0 aliphatic heterocycles. The van der Waals surface area contributed by atoms with Crippen LogP contribution in [0.4, 0.5) is 0 Å². The molecule has 1 aromatic heterocycles. The summed E-state index contributed by atoms with van der Waals surface area (Å²) in [6.45, 7) is 0. The predicted molar refractivity (Wildman–Crippen MR) is 65.1 cm³/mol. The summed E-state index contributed by atoms with van der Waals surface area (Å²) >= 11 is 17.1. The molecule has 0 radical (unpaired) electrons. The minimum absolute atomic E-state index is 0.775. The molecular formula is C6H6Br2S3. The van der Waals surface area contributed by atoms with Crippen molar-refractivity contribution in [3.8, 4) is 0 Å². The first-order valence-corrected chi connectivity index (χ1v) is 6.54. The zero-order chi connectivity index (χ0) is 8.43. The molecule has 0 amide bonds. The number of thiol groups is 2. The number of thiophene rings is 1. The van der Waals surface area contributed by atoms with Crippen LogP contribution in [0.3, 0.4) is 0 Å². The summed E-state index contributed by atoms with van der Waals surface area (Å²) in [4.78, 5) is 2.51. The van der Waals surface area contributed by atoms with Crippen LogP contribution < -0.4 is 0 Å². The van der Waals surface area contributed by atoms with Gasteiger partial charge in [-0.15, -0.1) is 11.3 Å². The molecule has 0 bridgehead atoms. The van der Waals surface area contributed by atoms with Crippen molar-refractivity contribution in [3.05, 3.63) is 18.7 Å². The van der Waals surface area contributed by atoms with Gasteiger partial charge < -0.3 is 0 Å². The molecule has 0 aliphatic carbocycles. The van der Waals surface area contributed by atoms with Gasteiger partial charge in [-0.1, -0.05) is 0 Å². The quantitative estimate of drug-likeness (QED) is 0.747. The van der Waals surface area contributed by atoms with Crippen molar-refractivity contribution >= 4 is 68.5 Å². The van der Waals surface area contributed by atoms with Gasteiger partial charge in [0.2, 0.25) is 0 Å². The summed E-state index contributed by atoms with van der Waals surface area (Å²) in [5.41, 5.74) is 0. The zero-order valence-corrected chi connectivity index (χ0v) is 11.3. The van der Waals surface area contributed by atoms with Crippen LogP contribution in [0, 0.1) is 0 Å². The van der Waals surface area contributed by atoms with E-state index in [4.69, 9.17) is 0 Å². The fourth-order valence-corrected chi connectivity index (χ4v) is 4.14. The Morgan fingerprint density at radius 2 is 1.36 bits per heavy atom. The highest BCUT2D eigenvalue weighted by Crippen LogP contribution is 2.38. The molecule has 0 aromatic carbocycles. The van der Waals surface area contributed by atoms with Crippen LogP contribution in [-0.2, 0) is 11.5 Å². The molecule has 0 nitrogen and oxygen atoms in total. The monoisotopic (exact) mass is 332 g/mol. The molecule has 1 aromatic rings. The molecule has 0 aliphatic rings. The van der Waals surface area contributed by atoms with E-state index in [2.05, 4.69) is 57.1 Å². The fourth-order valence-electron chi connectivity index (χ4n) is 0.687. The molecule has 0 spiro atoms. The minimum atomic E-state index is 0.775. The maximum Gasteiger partial charge on any atom is 0.0468 e. The summed E-state index contributed by atoms with van der Waals surface area (Å²) in [6.07, 6.45) is 0. The highest BCUT2D eigenvalue weighted by Gasteiger charge is 2.11. The highest BCUT2D eigenvalue weighted by molar-refractivity contribution is 9.13. The lowest BCUT2D eigenvalue weighted by molar-refractivity contribution is 1.47. The second kappa shape index (κ2) is 4.56. The normalized spacial score (nSPS) is 10.5. The van der Waals surface area contributed by atoms with E-state index >= 15 is 0 Å². The molecule has 0 atom stereocenters. The van der Waals surface area contributed by atoms with E-state index in [1.807, 2.05) is 0 Å². The van der Waals surface area contributed by atoms with Crippen LogP contribution in [-0.4, -0.2) is 0 Å². The van der Waals surface area contributed by atoms with Gasteiger partial charge in [0.05, 0.1) is 0 Å². The SMILES string of the molecule is SCc1sc(CS)c(Br)c1Br. The number of halogens is 2. The van der Waals surface area contributed by atoms with Crippen molar-refractivity contribution < 1.29 is 0 Å². The van der Waals surface area contributed by atoms with E-state index in [1.54, 1.807) is 11.3 Å². The Hall–Kier alpha value is 1.36. The van der Waals surface area contributed by atoms with Gasteiger partial charge in [-0.25, -0.2) is 0 Å². The van der Waals surface area contributed by atoms with Gasteiger partial charge in [0.25, 0.3) is 0 Å². The Bertz CT molecular complexity index is 232. The van der Waals surface area contributed by atoms with E-state index in [0.29, 0.717) is 0 Å². The van der Waals surface area contributed by atoms with Gasteiger partial charge in [0.1, 0.15) is 0 Å². The number of hydrogen-bond donors (Lipinski definition) is 2.